The Morgan fingerprint density at radius 2 is 1.54 bits per heavy atom. The van der Waals surface area contributed by atoms with Crippen molar-refractivity contribution in [3.8, 4) is 11.1 Å². The van der Waals surface area contributed by atoms with Gasteiger partial charge in [0.1, 0.15) is 5.84 Å². The van der Waals surface area contributed by atoms with E-state index in [-0.39, 0.29) is 0 Å². The fraction of sp³-hybridized carbons (Fsp3) is 0.174. The summed E-state index contributed by atoms with van der Waals surface area (Å²) in [5, 5.41) is 3.45. The van der Waals surface area contributed by atoms with Crippen LogP contribution in [0.3, 0.4) is 0 Å². The molecule has 0 unspecified atom stereocenters. The molecule has 0 spiro atoms. The van der Waals surface area contributed by atoms with Gasteiger partial charge in [0, 0.05) is 29.3 Å². The topological polar surface area (TPSA) is 24.4 Å². The molecule has 1 heterocycles. The van der Waals surface area contributed by atoms with Gasteiger partial charge in [0.05, 0.1) is 0 Å². The highest BCUT2D eigenvalue weighted by molar-refractivity contribution is 7.98. The van der Waals surface area contributed by atoms with Gasteiger partial charge < -0.3 is 5.32 Å². The Bertz CT molecular complexity index is 903. The number of rotatable bonds is 5. The van der Waals surface area contributed by atoms with Gasteiger partial charge in [0.15, 0.2) is 0 Å². The quantitative estimate of drug-likeness (QED) is 0.619. The summed E-state index contributed by atoms with van der Waals surface area (Å²) in [6.07, 6.45) is 1.11. The van der Waals surface area contributed by atoms with Crippen LogP contribution in [0.15, 0.2) is 88.8 Å². The van der Waals surface area contributed by atoms with Gasteiger partial charge in [0.25, 0.3) is 0 Å². The second kappa shape index (κ2) is 8.24. The molecule has 3 aromatic carbocycles. The second-order valence-electron chi connectivity index (χ2n) is 6.32. The van der Waals surface area contributed by atoms with Crippen molar-refractivity contribution in [2.45, 2.75) is 17.1 Å². The molecule has 4 rings (SSSR count). The molecule has 1 aliphatic rings. The molecule has 0 atom stereocenters. The van der Waals surface area contributed by atoms with Crippen LogP contribution in [0.25, 0.3) is 11.1 Å². The molecule has 0 radical (unpaired) electrons. The average molecular weight is 359 g/mol. The summed E-state index contributed by atoms with van der Waals surface area (Å²) in [4.78, 5) is 5.95. The van der Waals surface area contributed by atoms with Gasteiger partial charge in [-0.05, 0) is 29.2 Å². The molecule has 0 aliphatic carbocycles. The van der Waals surface area contributed by atoms with E-state index in [4.69, 9.17) is 0 Å². The largest absolute Gasteiger partial charge is 0.370 e. The van der Waals surface area contributed by atoms with Crippen LogP contribution in [0.4, 0.5) is 0 Å². The molecule has 130 valence electrons. The van der Waals surface area contributed by atoms with Gasteiger partial charge in [-0.1, -0.05) is 72.8 Å². The number of nitrogens with zero attached hydrogens (tertiary/aromatic N) is 1. The van der Waals surface area contributed by atoms with Crippen LogP contribution in [-0.4, -0.2) is 18.9 Å². The lowest BCUT2D eigenvalue weighted by molar-refractivity contribution is 0.741. The van der Waals surface area contributed by atoms with E-state index in [2.05, 4.69) is 89.2 Å². The number of nitrogens with one attached hydrogen (secondary N) is 1. The first-order valence-corrected chi connectivity index (χ1v) is 10.0. The van der Waals surface area contributed by atoms with E-state index in [1.165, 1.54) is 27.1 Å². The van der Waals surface area contributed by atoms with Crippen LogP contribution in [0, 0.1) is 0 Å². The fourth-order valence-corrected chi connectivity index (χ4v) is 4.26. The molecule has 0 saturated heterocycles. The molecule has 3 aromatic rings. The number of aliphatic imine (C=N–C) groups is 1. The number of hydrogen-bond acceptors (Lipinski definition) is 3. The molecule has 0 fully saturated rings. The van der Waals surface area contributed by atoms with Crippen molar-refractivity contribution in [3.63, 3.8) is 0 Å². The lowest BCUT2D eigenvalue weighted by Gasteiger charge is -2.17. The minimum absolute atomic E-state index is 0.915. The minimum Gasteiger partial charge on any atom is -0.370 e. The van der Waals surface area contributed by atoms with Crippen LogP contribution >= 0.6 is 11.8 Å². The molecular weight excluding hydrogens is 336 g/mol. The zero-order valence-corrected chi connectivity index (χ0v) is 15.5. The monoisotopic (exact) mass is 358 g/mol. The number of thioether (sulfide) groups is 1. The molecule has 3 heteroatoms. The number of benzene rings is 3. The first kappa shape index (κ1) is 16.9. The Balaban J connectivity index is 1.59. The van der Waals surface area contributed by atoms with E-state index in [0.717, 1.165) is 31.1 Å². The summed E-state index contributed by atoms with van der Waals surface area (Å²) >= 11 is 1.88. The van der Waals surface area contributed by atoms with Gasteiger partial charge in [-0.2, -0.15) is 0 Å². The lowest BCUT2D eigenvalue weighted by atomic mass is 10.0. The van der Waals surface area contributed by atoms with Crippen LogP contribution in [0.5, 0.6) is 0 Å². The SMILES string of the molecule is c1ccc(-c2ccccc2CSc2ccccc2C2=NCCCN2)cc1. The van der Waals surface area contributed by atoms with Crippen molar-refractivity contribution in [1.29, 1.82) is 0 Å². The van der Waals surface area contributed by atoms with Gasteiger partial charge >= 0.3 is 0 Å². The predicted molar refractivity (Wildman–Crippen MR) is 112 cm³/mol. The third-order valence-corrected chi connectivity index (χ3v) is 5.65. The van der Waals surface area contributed by atoms with Crippen molar-refractivity contribution in [1.82, 2.24) is 5.32 Å². The van der Waals surface area contributed by atoms with E-state index in [0.29, 0.717) is 0 Å². The molecular formula is C23H22N2S. The average Bonchev–Trinajstić information content (AvgIpc) is 2.74. The summed E-state index contributed by atoms with van der Waals surface area (Å²) < 4.78 is 0. The zero-order valence-electron chi connectivity index (χ0n) is 14.7. The van der Waals surface area contributed by atoms with Gasteiger partial charge in [-0.3, -0.25) is 4.99 Å². The molecule has 0 amide bonds. The third-order valence-electron chi connectivity index (χ3n) is 4.52. The van der Waals surface area contributed by atoms with Crippen LogP contribution in [0.1, 0.15) is 17.5 Å². The van der Waals surface area contributed by atoms with Crippen molar-refractivity contribution in [2.24, 2.45) is 4.99 Å². The summed E-state index contributed by atoms with van der Waals surface area (Å²) in [6.45, 7) is 1.92. The smallest absolute Gasteiger partial charge is 0.129 e. The van der Waals surface area contributed by atoms with Gasteiger partial charge in [-0.15, -0.1) is 11.8 Å². The van der Waals surface area contributed by atoms with Gasteiger partial charge in [0.2, 0.25) is 0 Å². The van der Waals surface area contributed by atoms with E-state index in [9.17, 15) is 0 Å². The maximum Gasteiger partial charge on any atom is 0.129 e. The van der Waals surface area contributed by atoms with Crippen molar-refractivity contribution in [2.75, 3.05) is 13.1 Å². The number of amidine groups is 1. The Morgan fingerprint density at radius 1 is 0.808 bits per heavy atom. The van der Waals surface area contributed by atoms with E-state index < -0.39 is 0 Å². The standard InChI is InChI=1S/C23H22N2S/c1-2-9-18(10-3-1)20-12-5-4-11-19(20)17-26-22-14-7-6-13-21(22)23-24-15-8-16-25-23/h1-7,9-14H,8,15-17H2,(H,24,25). The van der Waals surface area contributed by atoms with Gasteiger partial charge in [-0.25, -0.2) is 0 Å². The maximum atomic E-state index is 4.67. The molecule has 1 N–H and O–H groups in total. The van der Waals surface area contributed by atoms with Crippen LogP contribution < -0.4 is 5.32 Å². The predicted octanol–water partition coefficient (Wildman–Crippen LogP) is 5.39. The van der Waals surface area contributed by atoms with Crippen molar-refractivity contribution in [3.05, 3.63) is 90.0 Å². The highest BCUT2D eigenvalue weighted by Crippen LogP contribution is 2.31. The first-order valence-electron chi connectivity index (χ1n) is 9.06. The summed E-state index contributed by atoms with van der Waals surface area (Å²) in [6, 6.07) is 27.9. The summed E-state index contributed by atoms with van der Waals surface area (Å²) in [5.41, 5.74) is 5.16. The first-order chi connectivity index (χ1) is 12.9. The fourth-order valence-electron chi connectivity index (χ4n) is 3.20. The lowest BCUT2D eigenvalue weighted by Crippen LogP contribution is -2.30. The zero-order chi connectivity index (χ0) is 17.6. The molecule has 0 saturated carbocycles. The Labute approximate surface area is 159 Å². The molecule has 1 aliphatic heterocycles. The Morgan fingerprint density at radius 3 is 2.35 bits per heavy atom. The molecule has 0 bridgehead atoms. The Hall–Kier alpha value is -2.52. The summed E-state index contributed by atoms with van der Waals surface area (Å²) in [7, 11) is 0. The van der Waals surface area contributed by atoms with E-state index in [1.807, 2.05) is 11.8 Å². The third kappa shape index (κ3) is 3.83. The normalized spacial score (nSPS) is 13.8. The Kier molecular flexibility index (Phi) is 5.36. The van der Waals surface area contributed by atoms with E-state index in [1.54, 1.807) is 0 Å². The molecule has 26 heavy (non-hydrogen) atoms. The molecule has 0 aromatic heterocycles. The minimum atomic E-state index is 0.915. The van der Waals surface area contributed by atoms with Crippen LogP contribution in [-0.2, 0) is 5.75 Å². The van der Waals surface area contributed by atoms with Crippen LogP contribution in [0.2, 0.25) is 0 Å². The highest BCUT2D eigenvalue weighted by atomic mass is 32.2. The van der Waals surface area contributed by atoms with Crippen molar-refractivity contribution >= 4 is 17.6 Å². The maximum absolute atomic E-state index is 4.67. The summed E-state index contributed by atoms with van der Waals surface area (Å²) in [5.74, 6) is 1.98. The van der Waals surface area contributed by atoms with E-state index >= 15 is 0 Å². The van der Waals surface area contributed by atoms with Crippen molar-refractivity contribution < 1.29 is 0 Å². The number of hydrogen-bond donors (Lipinski definition) is 1. The highest BCUT2D eigenvalue weighted by Gasteiger charge is 2.12. The second-order valence-corrected chi connectivity index (χ2v) is 7.34. The molecule has 2 nitrogen and oxygen atoms in total.